The number of anilines is 1. The molecule has 6 heteroatoms. The van der Waals surface area contributed by atoms with E-state index in [1.54, 1.807) is 0 Å². The highest BCUT2D eigenvalue weighted by Crippen LogP contribution is 2.32. The molecule has 3 N–H and O–H groups in total. The van der Waals surface area contributed by atoms with Crippen LogP contribution in [0.3, 0.4) is 0 Å². The average Bonchev–Trinajstić information content (AvgIpc) is 2.43. The van der Waals surface area contributed by atoms with Crippen molar-refractivity contribution in [3.8, 4) is 11.5 Å². The highest BCUT2D eigenvalue weighted by atomic mass is 16.5. The molecule has 0 aliphatic heterocycles. The molecule has 0 aliphatic carbocycles. The summed E-state index contributed by atoms with van der Waals surface area (Å²) in [5, 5.41) is 9.02. The third kappa shape index (κ3) is 4.62. The van der Waals surface area contributed by atoms with Crippen LogP contribution >= 0.6 is 0 Å². The average molecular weight is 283 g/mol. The van der Waals surface area contributed by atoms with Gasteiger partial charge in [-0.25, -0.2) is 4.79 Å². The van der Waals surface area contributed by atoms with Crippen LogP contribution in [0.1, 0.15) is 30.1 Å². The van der Waals surface area contributed by atoms with Crippen molar-refractivity contribution in [2.45, 2.75) is 19.8 Å². The van der Waals surface area contributed by atoms with Gasteiger partial charge in [-0.3, -0.25) is 0 Å². The lowest BCUT2D eigenvalue weighted by molar-refractivity contribution is 0.0697. The largest absolute Gasteiger partial charge is 0.493 e. The monoisotopic (exact) mass is 283 g/mol. The fraction of sp³-hybridized carbons (Fsp3) is 0.500. The van der Waals surface area contributed by atoms with E-state index in [-0.39, 0.29) is 11.3 Å². The molecule has 0 atom stereocenters. The second-order valence-electron chi connectivity index (χ2n) is 4.21. The molecule has 0 aliphatic rings. The zero-order valence-electron chi connectivity index (χ0n) is 11.8. The predicted octanol–water partition coefficient (Wildman–Crippen LogP) is 2.17. The summed E-state index contributed by atoms with van der Waals surface area (Å²) in [4.78, 5) is 11.0. The number of benzene rings is 1. The first-order chi connectivity index (χ1) is 9.60. The van der Waals surface area contributed by atoms with Gasteiger partial charge in [0.2, 0.25) is 0 Å². The molecule has 20 heavy (non-hydrogen) atoms. The summed E-state index contributed by atoms with van der Waals surface area (Å²) in [6.07, 6.45) is 2.09. The van der Waals surface area contributed by atoms with E-state index >= 15 is 0 Å². The van der Waals surface area contributed by atoms with Crippen molar-refractivity contribution >= 4 is 11.7 Å². The SMILES string of the molecule is CCCCOCCOc1cc(C(=O)O)c(N)cc1OC. The Hall–Kier alpha value is -1.95. The second kappa shape index (κ2) is 8.27. The molecular weight excluding hydrogens is 262 g/mol. The molecule has 1 aromatic rings. The van der Waals surface area contributed by atoms with Crippen LogP contribution in [0.4, 0.5) is 5.69 Å². The van der Waals surface area contributed by atoms with Gasteiger partial charge in [0.1, 0.15) is 6.61 Å². The van der Waals surface area contributed by atoms with E-state index in [1.807, 2.05) is 0 Å². The maximum atomic E-state index is 11.0. The lowest BCUT2D eigenvalue weighted by Gasteiger charge is -2.13. The maximum Gasteiger partial charge on any atom is 0.337 e. The number of ether oxygens (including phenoxy) is 3. The van der Waals surface area contributed by atoms with E-state index in [0.29, 0.717) is 31.3 Å². The van der Waals surface area contributed by atoms with Crippen LogP contribution in [0.15, 0.2) is 12.1 Å². The number of methoxy groups -OCH3 is 1. The van der Waals surface area contributed by atoms with Gasteiger partial charge in [0.25, 0.3) is 0 Å². The van der Waals surface area contributed by atoms with Crippen molar-refractivity contribution in [2.24, 2.45) is 0 Å². The molecule has 0 amide bonds. The van der Waals surface area contributed by atoms with Crippen LogP contribution < -0.4 is 15.2 Å². The zero-order chi connectivity index (χ0) is 15.0. The summed E-state index contributed by atoms with van der Waals surface area (Å²) < 4.78 is 16.0. The van der Waals surface area contributed by atoms with E-state index in [2.05, 4.69) is 6.92 Å². The van der Waals surface area contributed by atoms with E-state index in [0.717, 1.165) is 12.8 Å². The van der Waals surface area contributed by atoms with Crippen molar-refractivity contribution < 1.29 is 24.1 Å². The number of nitrogen functional groups attached to an aromatic ring is 1. The number of aromatic carboxylic acids is 1. The van der Waals surface area contributed by atoms with Gasteiger partial charge < -0.3 is 25.1 Å². The quantitative estimate of drug-likeness (QED) is 0.533. The highest BCUT2D eigenvalue weighted by molar-refractivity contribution is 5.94. The molecular formula is C14H21NO5. The van der Waals surface area contributed by atoms with Crippen LogP contribution in [-0.4, -0.2) is 38.0 Å². The lowest BCUT2D eigenvalue weighted by atomic mass is 10.1. The molecule has 0 unspecified atom stereocenters. The Kier molecular flexibility index (Phi) is 6.66. The Morgan fingerprint density at radius 3 is 2.60 bits per heavy atom. The second-order valence-corrected chi connectivity index (χ2v) is 4.21. The van der Waals surface area contributed by atoms with Gasteiger partial charge in [0.05, 0.1) is 25.0 Å². The summed E-state index contributed by atoms with van der Waals surface area (Å²) in [6.45, 7) is 3.55. The molecule has 0 radical (unpaired) electrons. The highest BCUT2D eigenvalue weighted by Gasteiger charge is 2.14. The van der Waals surface area contributed by atoms with Gasteiger partial charge >= 0.3 is 5.97 Å². The summed E-state index contributed by atoms with van der Waals surface area (Å²) in [5.74, 6) is -0.353. The standard InChI is InChI=1S/C14H21NO5/c1-3-4-5-19-6-7-20-13-8-10(14(16)17)11(15)9-12(13)18-2/h8-9H,3-7,15H2,1-2H3,(H,16,17). The maximum absolute atomic E-state index is 11.0. The van der Waals surface area contributed by atoms with Crippen molar-refractivity contribution in [2.75, 3.05) is 32.7 Å². The zero-order valence-corrected chi connectivity index (χ0v) is 11.8. The summed E-state index contributed by atoms with van der Waals surface area (Å²) in [6, 6.07) is 2.80. The van der Waals surface area contributed by atoms with Crippen LogP contribution in [-0.2, 0) is 4.74 Å². The molecule has 0 heterocycles. The molecule has 0 spiro atoms. The molecule has 1 aromatic carbocycles. The van der Waals surface area contributed by atoms with Crippen LogP contribution in [0, 0.1) is 0 Å². The number of nitrogens with two attached hydrogens (primary N) is 1. The van der Waals surface area contributed by atoms with E-state index < -0.39 is 5.97 Å². The number of unbranched alkanes of at least 4 members (excludes halogenated alkanes) is 1. The minimum Gasteiger partial charge on any atom is -0.493 e. The number of hydrogen-bond acceptors (Lipinski definition) is 5. The van der Waals surface area contributed by atoms with Crippen LogP contribution in [0.5, 0.6) is 11.5 Å². The molecule has 6 nitrogen and oxygen atoms in total. The number of carboxylic acids is 1. The molecule has 0 bridgehead atoms. The van der Waals surface area contributed by atoms with E-state index in [4.69, 9.17) is 25.1 Å². The first-order valence-electron chi connectivity index (χ1n) is 6.51. The predicted molar refractivity (Wildman–Crippen MR) is 75.6 cm³/mol. The summed E-state index contributed by atoms with van der Waals surface area (Å²) in [5.41, 5.74) is 5.77. The first-order valence-corrected chi connectivity index (χ1v) is 6.51. The summed E-state index contributed by atoms with van der Waals surface area (Å²) >= 11 is 0. The summed E-state index contributed by atoms with van der Waals surface area (Å²) in [7, 11) is 1.47. The molecule has 0 aromatic heterocycles. The van der Waals surface area contributed by atoms with Crippen LogP contribution in [0.25, 0.3) is 0 Å². The number of hydrogen-bond donors (Lipinski definition) is 2. The van der Waals surface area contributed by atoms with Crippen molar-refractivity contribution in [1.82, 2.24) is 0 Å². The van der Waals surface area contributed by atoms with Gasteiger partial charge in [-0.05, 0) is 6.42 Å². The lowest BCUT2D eigenvalue weighted by Crippen LogP contribution is -2.10. The topological polar surface area (TPSA) is 91.0 Å². The van der Waals surface area contributed by atoms with Crippen molar-refractivity contribution in [3.63, 3.8) is 0 Å². The fourth-order valence-electron chi connectivity index (χ4n) is 1.59. The number of rotatable bonds is 9. The normalized spacial score (nSPS) is 10.3. The Morgan fingerprint density at radius 2 is 2.00 bits per heavy atom. The Balaban J connectivity index is 2.63. The minimum absolute atomic E-state index is 0.00676. The molecule has 0 saturated carbocycles. The van der Waals surface area contributed by atoms with Crippen molar-refractivity contribution in [1.29, 1.82) is 0 Å². The first kappa shape index (κ1) is 16.1. The van der Waals surface area contributed by atoms with Gasteiger partial charge in [-0.1, -0.05) is 13.3 Å². The molecule has 1 rings (SSSR count). The smallest absolute Gasteiger partial charge is 0.337 e. The third-order valence-corrected chi connectivity index (χ3v) is 2.69. The number of carbonyl (C=O) groups is 1. The molecule has 112 valence electrons. The van der Waals surface area contributed by atoms with Crippen molar-refractivity contribution in [3.05, 3.63) is 17.7 Å². The molecule has 0 fully saturated rings. The Morgan fingerprint density at radius 1 is 1.25 bits per heavy atom. The number of carboxylic acid groups (broad SMARTS) is 1. The van der Waals surface area contributed by atoms with Gasteiger partial charge in [-0.15, -0.1) is 0 Å². The Labute approximate surface area is 118 Å². The van der Waals surface area contributed by atoms with Gasteiger partial charge in [0, 0.05) is 18.7 Å². The minimum atomic E-state index is -1.10. The van der Waals surface area contributed by atoms with Crippen LogP contribution in [0.2, 0.25) is 0 Å². The Bertz CT molecular complexity index is 447. The van der Waals surface area contributed by atoms with E-state index in [9.17, 15) is 4.79 Å². The van der Waals surface area contributed by atoms with Gasteiger partial charge in [-0.2, -0.15) is 0 Å². The molecule has 0 saturated heterocycles. The van der Waals surface area contributed by atoms with Gasteiger partial charge in [0.15, 0.2) is 11.5 Å². The van der Waals surface area contributed by atoms with E-state index in [1.165, 1.54) is 19.2 Å². The third-order valence-electron chi connectivity index (χ3n) is 2.69. The fourth-order valence-corrected chi connectivity index (χ4v) is 1.59.